The summed E-state index contributed by atoms with van der Waals surface area (Å²) < 4.78 is 63.5. The molecule has 0 aliphatic rings. The van der Waals surface area contributed by atoms with Crippen LogP contribution in [0.15, 0.2) is 59.6 Å². The van der Waals surface area contributed by atoms with Gasteiger partial charge in [0.1, 0.15) is 5.82 Å². The summed E-state index contributed by atoms with van der Waals surface area (Å²) >= 11 is 0. The Balaban J connectivity index is 2.23. The molecule has 2 N–H and O–H groups in total. The van der Waals surface area contributed by atoms with Crippen molar-refractivity contribution in [1.29, 1.82) is 0 Å². The van der Waals surface area contributed by atoms with Crippen LogP contribution in [0.5, 0.6) is 0 Å². The van der Waals surface area contributed by atoms with Crippen LogP contribution in [0.1, 0.15) is 0 Å². The maximum atomic E-state index is 13.8. The number of nitrogens with zero attached hydrogens (tertiary/aromatic N) is 1. The Kier molecular flexibility index (Phi) is 4.32. The fourth-order valence-electron chi connectivity index (χ4n) is 2.40. The lowest BCUT2D eigenvalue weighted by atomic mass is 9.99. The molecule has 0 radical (unpaired) electrons. The first-order chi connectivity index (χ1) is 11.8. The van der Waals surface area contributed by atoms with E-state index in [9.17, 15) is 21.6 Å². The summed E-state index contributed by atoms with van der Waals surface area (Å²) in [7, 11) is -4.12. The first-order valence-electron chi connectivity index (χ1n) is 7.00. The minimum Gasteiger partial charge on any atom is -0.256 e. The van der Waals surface area contributed by atoms with E-state index in [0.29, 0.717) is 11.1 Å². The smallest absolute Gasteiger partial charge is 0.238 e. The molecule has 0 saturated carbocycles. The van der Waals surface area contributed by atoms with E-state index in [4.69, 9.17) is 5.14 Å². The normalized spacial score (nSPS) is 11.5. The molecular formula is C17H11F3N2O2S. The molecule has 128 valence electrons. The third kappa shape index (κ3) is 3.54. The number of rotatable bonds is 3. The fourth-order valence-corrected chi connectivity index (χ4v) is 2.96. The summed E-state index contributed by atoms with van der Waals surface area (Å²) in [5, 5.41) is 5.05. The van der Waals surface area contributed by atoms with Crippen molar-refractivity contribution in [3.05, 3.63) is 72.2 Å². The Morgan fingerprint density at radius 2 is 1.64 bits per heavy atom. The Morgan fingerprint density at radius 3 is 2.32 bits per heavy atom. The molecule has 0 unspecified atom stereocenters. The van der Waals surface area contributed by atoms with Crippen molar-refractivity contribution in [3.8, 4) is 22.4 Å². The zero-order valence-electron chi connectivity index (χ0n) is 12.6. The highest BCUT2D eigenvalue weighted by molar-refractivity contribution is 7.89. The number of primary sulfonamides is 1. The summed E-state index contributed by atoms with van der Waals surface area (Å²) in [6.45, 7) is 0. The van der Waals surface area contributed by atoms with Gasteiger partial charge in [-0.15, -0.1) is 0 Å². The fraction of sp³-hybridized carbons (Fsp3) is 0. The van der Waals surface area contributed by atoms with Crippen molar-refractivity contribution in [2.45, 2.75) is 4.90 Å². The van der Waals surface area contributed by atoms with Gasteiger partial charge in [-0.25, -0.2) is 26.7 Å². The molecule has 0 amide bonds. The van der Waals surface area contributed by atoms with Crippen LogP contribution in [-0.4, -0.2) is 13.4 Å². The molecule has 0 fully saturated rings. The average molecular weight is 364 g/mol. The Morgan fingerprint density at radius 1 is 0.880 bits per heavy atom. The number of aromatic nitrogens is 1. The quantitative estimate of drug-likeness (QED) is 0.773. The van der Waals surface area contributed by atoms with Crippen molar-refractivity contribution < 1.29 is 21.6 Å². The lowest BCUT2D eigenvalue weighted by molar-refractivity contribution is 0.509. The van der Waals surface area contributed by atoms with Gasteiger partial charge in [-0.05, 0) is 42.0 Å². The second kappa shape index (κ2) is 6.30. The molecule has 0 spiro atoms. The SMILES string of the molecule is NS(=O)(=O)c1cc(F)cc(-c2ncccc2-c2ccc(F)c(F)c2)c1. The molecule has 0 aliphatic carbocycles. The van der Waals surface area contributed by atoms with E-state index in [1.807, 2.05) is 0 Å². The summed E-state index contributed by atoms with van der Waals surface area (Å²) in [6.07, 6.45) is 1.42. The van der Waals surface area contributed by atoms with Crippen LogP contribution in [0.2, 0.25) is 0 Å². The van der Waals surface area contributed by atoms with Gasteiger partial charge in [-0.3, -0.25) is 4.98 Å². The summed E-state index contributed by atoms with van der Waals surface area (Å²) in [6, 6.07) is 9.48. The van der Waals surface area contributed by atoms with E-state index >= 15 is 0 Å². The molecule has 0 saturated heterocycles. The Hall–Kier alpha value is -2.71. The van der Waals surface area contributed by atoms with E-state index in [1.165, 1.54) is 18.3 Å². The predicted molar refractivity (Wildman–Crippen MR) is 86.4 cm³/mol. The molecule has 1 aromatic heterocycles. The van der Waals surface area contributed by atoms with E-state index in [0.717, 1.165) is 24.3 Å². The number of hydrogen-bond acceptors (Lipinski definition) is 3. The maximum absolute atomic E-state index is 13.8. The highest BCUT2D eigenvalue weighted by Gasteiger charge is 2.16. The van der Waals surface area contributed by atoms with Gasteiger partial charge in [-0.1, -0.05) is 12.1 Å². The third-order valence-corrected chi connectivity index (χ3v) is 4.40. The average Bonchev–Trinajstić information content (AvgIpc) is 2.56. The molecule has 0 bridgehead atoms. The van der Waals surface area contributed by atoms with Crippen molar-refractivity contribution in [2.24, 2.45) is 5.14 Å². The van der Waals surface area contributed by atoms with Gasteiger partial charge >= 0.3 is 0 Å². The number of benzene rings is 2. The lowest BCUT2D eigenvalue weighted by Gasteiger charge is -2.10. The topological polar surface area (TPSA) is 73.1 Å². The number of pyridine rings is 1. The molecule has 0 aliphatic heterocycles. The molecule has 2 aromatic carbocycles. The van der Waals surface area contributed by atoms with Crippen LogP contribution in [0.3, 0.4) is 0 Å². The highest BCUT2D eigenvalue weighted by Crippen LogP contribution is 2.32. The van der Waals surface area contributed by atoms with E-state index in [-0.39, 0.29) is 11.3 Å². The third-order valence-electron chi connectivity index (χ3n) is 3.51. The molecular weight excluding hydrogens is 353 g/mol. The van der Waals surface area contributed by atoms with Gasteiger partial charge in [0.05, 0.1) is 10.6 Å². The van der Waals surface area contributed by atoms with Crippen LogP contribution < -0.4 is 5.14 Å². The van der Waals surface area contributed by atoms with Gasteiger partial charge in [0.2, 0.25) is 10.0 Å². The number of nitrogens with two attached hydrogens (primary N) is 1. The minimum atomic E-state index is -4.12. The van der Waals surface area contributed by atoms with Gasteiger partial charge < -0.3 is 0 Å². The summed E-state index contributed by atoms with van der Waals surface area (Å²) in [5.41, 5.74) is 1.04. The summed E-state index contributed by atoms with van der Waals surface area (Å²) in [5.74, 6) is -2.86. The van der Waals surface area contributed by atoms with Crippen molar-refractivity contribution in [3.63, 3.8) is 0 Å². The first-order valence-corrected chi connectivity index (χ1v) is 8.54. The van der Waals surface area contributed by atoms with Gasteiger partial charge in [0, 0.05) is 17.3 Å². The molecule has 3 rings (SSSR count). The molecule has 1 heterocycles. The van der Waals surface area contributed by atoms with Crippen molar-refractivity contribution >= 4 is 10.0 Å². The molecule has 0 atom stereocenters. The zero-order chi connectivity index (χ0) is 18.2. The van der Waals surface area contributed by atoms with Crippen molar-refractivity contribution in [1.82, 2.24) is 4.98 Å². The van der Waals surface area contributed by atoms with Crippen LogP contribution >= 0.6 is 0 Å². The first kappa shape index (κ1) is 17.1. The van der Waals surface area contributed by atoms with E-state index < -0.39 is 32.4 Å². The second-order valence-corrected chi connectivity index (χ2v) is 6.81. The standard InChI is InChI=1S/C17H11F3N2O2S/c18-12-6-11(7-13(9-12)25(21,23)24)17-14(2-1-5-22-17)10-3-4-15(19)16(20)8-10/h1-9H,(H2,21,23,24). The molecule has 3 aromatic rings. The lowest BCUT2D eigenvalue weighted by Crippen LogP contribution is -2.12. The highest BCUT2D eigenvalue weighted by atomic mass is 32.2. The Bertz CT molecular complexity index is 1070. The van der Waals surface area contributed by atoms with Crippen LogP contribution in [-0.2, 0) is 10.0 Å². The largest absolute Gasteiger partial charge is 0.256 e. The number of hydrogen-bond donors (Lipinski definition) is 1. The van der Waals surface area contributed by atoms with Gasteiger partial charge in [0.15, 0.2) is 11.6 Å². The number of sulfonamides is 1. The van der Waals surface area contributed by atoms with Crippen LogP contribution in [0.4, 0.5) is 13.2 Å². The van der Waals surface area contributed by atoms with E-state index in [1.54, 1.807) is 12.1 Å². The summed E-state index contributed by atoms with van der Waals surface area (Å²) in [4.78, 5) is 3.71. The maximum Gasteiger partial charge on any atom is 0.238 e. The van der Waals surface area contributed by atoms with Crippen molar-refractivity contribution in [2.75, 3.05) is 0 Å². The zero-order valence-corrected chi connectivity index (χ0v) is 13.4. The molecule has 25 heavy (non-hydrogen) atoms. The van der Waals surface area contributed by atoms with Gasteiger partial charge in [0.25, 0.3) is 0 Å². The van der Waals surface area contributed by atoms with Crippen LogP contribution in [0, 0.1) is 17.5 Å². The molecule has 4 nitrogen and oxygen atoms in total. The predicted octanol–water partition coefficient (Wildman–Crippen LogP) is 3.48. The Labute approximate surface area is 141 Å². The monoisotopic (exact) mass is 364 g/mol. The second-order valence-electron chi connectivity index (χ2n) is 5.25. The van der Waals surface area contributed by atoms with E-state index in [2.05, 4.69) is 4.98 Å². The number of halogens is 3. The van der Waals surface area contributed by atoms with Gasteiger partial charge in [-0.2, -0.15) is 0 Å². The molecule has 8 heteroatoms. The minimum absolute atomic E-state index is 0.143. The van der Waals surface area contributed by atoms with Crippen LogP contribution in [0.25, 0.3) is 22.4 Å².